The molecule has 0 radical (unpaired) electrons. The van der Waals surface area contributed by atoms with Gasteiger partial charge in [-0.2, -0.15) is 0 Å². The van der Waals surface area contributed by atoms with E-state index in [4.69, 9.17) is 0 Å². The lowest BCUT2D eigenvalue weighted by Crippen LogP contribution is -2.43. The van der Waals surface area contributed by atoms with Crippen LogP contribution in [0.5, 0.6) is 0 Å². The molecule has 3 heterocycles. The molecule has 6 nitrogen and oxygen atoms in total. The Kier molecular flexibility index (Phi) is 3.70. The first-order valence-electron chi connectivity index (χ1n) is 8.71. The molecule has 1 amide bonds. The monoisotopic (exact) mass is 394 g/mol. The second-order valence-electron chi connectivity index (χ2n) is 6.66. The molecule has 5 rings (SSSR count). The zero-order valence-electron chi connectivity index (χ0n) is 14.9. The normalized spacial score (nSPS) is 17.4. The Morgan fingerprint density at radius 2 is 1.93 bits per heavy atom. The fraction of sp³-hybridized carbons (Fsp3) is 0.150. The van der Waals surface area contributed by atoms with E-state index in [0.29, 0.717) is 27.3 Å². The van der Waals surface area contributed by atoms with Crippen molar-refractivity contribution >= 4 is 34.2 Å². The number of carbonyl (C=O) groups is 1. The number of carbonyl (C=O) groups excluding carboxylic acids is 1. The van der Waals surface area contributed by atoms with E-state index in [2.05, 4.69) is 4.99 Å². The number of likely N-dealkylation sites (N-methyl/N-ethyl adjacent to an activating group) is 1. The molecule has 0 unspecified atom stereocenters. The van der Waals surface area contributed by atoms with E-state index in [0.717, 1.165) is 11.3 Å². The van der Waals surface area contributed by atoms with Gasteiger partial charge in [0.25, 0.3) is 11.5 Å². The minimum atomic E-state index is -0.339. The van der Waals surface area contributed by atoms with Gasteiger partial charge in [0, 0.05) is 18.3 Å². The van der Waals surface area contributed by atoms with Gasteiger partial charge in [0.05, 0.1) is 11.3 Å². The second kappa shape index (κ2) is 6.13. The number of hydrogen-bond donors (Lipinski definition) is 0. The molecule has 8 heteroatoms. The van der Waals surface area contributed by atoms with Gasteiger partial charge in [-0.15, -0.1) is 0 Å². The maximum Gasteiger partial charge on any atom is 0.272 e. The van der Waals surface area contributed by atoms with Crippen LogP contribution in [0.2, 0.25) is 0 Å². The third-order valence-corrected chi connectivity index (χ3v) is 6.12. The highest BCUT2D eigenvalue weighted by Crippen LogP contribution is 2.33. The summed E-state index contributed by atoms with van der Waals surface area (Å²) in [4.78, 5) is 34.4. The second-order valence-corrected chi connectivity index (χ2v) is 7.64. The Morgan fingerprint density at radius 1 is 1.11 bits per heavy atom. The van der Waals surface area contributed by atoms with E-state index in [-0.39, 0.29) is 24.0 Å². The lowest BCUT2D eigenvalue weighted by atomic mass is 10.1. The Bertz CT molecular complexity index is 1310. The van der Waals surface area contributed by atoms with Crippen LogP contribution < -0.4 is 24.7 Å². The van der Waals surface area contributed by atoms with Crippen LogP contribution >= 0.6 is 11.3 Å². The fourth-order valence-corrected chi connectivity index (χ4v) is 4.64. The summed E-state index contributed by atoms with van der Waals surface area (Å²) in [5, 5.41) is 0. The summed E-state index contributed by atoms with van der Waals surface area (Å²) in [5.74, 6) is -0.534. The van der Waals surface area contributed by atoms with Crippen molar-refractivity contribution in [3.8, 4) is 0 Å². The lowest BCUT2D eigenvalue weighted by molar-refractivity contribution is -0.112. The molecular weight excluding hydrogens is 379 g/mol. The maximum atomic E-state index is 13.6. The number of amides is 1. The molecular formula is C20H15FN4O2S. The molecule has 1 aromatic heterocycles. The summed E-state index contributed by atoms with van der Waals surface area (Å²) >= 11 is 1.23. The van der Waals surface area contributed by atoms with Crippen LogP contribution in [-0.2, 0) is 11.5 Å². The molecule has 28 heavy (non-hydrogen) atoms. The summed E-state index contributed by atoms with van der Waals surface area (Å²) < 4.78 is 15.5. The topological polar surface area (TPSA) is 57.9 Å². The predicted octanol–water partition coefficient (Wildman–Crippen LogP) is 1.28. The van der Waals surface area contributed by atoms with Crippen molar-refractivity contribution < 1.29 is 9.18 Å². The number of hydrogen-bond acceptors (Lipinski definition) is 5. The number of para-hydroxylation sites is 1. The summed E-state index contributed by atoms with van der Waals surface area (Å²) in [6.45, 7) is 0.583. The van der Waals surface area contributed by atoms with Gasteiger partial charge in [-0.25, -0.2) is 9.38 Å². The minimum absolute atomic E-state index is 0.195. The number of nitrogens with zero attached hydrogens (tertiary/aromatic N) is 4. The molecule has 2 aliphatic heterocycles. The molecule has 0 atom stereocenters. The molecule has 0 spiro atoms. The average Bonchev–Trinajstić information content (AvgIpc) is 3.16. The molecule has 0 fully saturated rings. The number of halogens is 1. The van der Waals surface area contributed by atoms with Gasteiger partial charge >= 0.3 is 0 Å². The highest BCUT2D eigenvalue weighted by atomic mass is 32.1. The molecule has 0 saturated heterocycles. The van der Waals surface area contributed by atoms with Crippen molar-refractivity contribution in [1.82, 2.24) is 4.57 Å². The SMILES string of the molecule is CN1C(=O)/C(=c2\sc3n(c2=O)CN(c2cccc(F)c2)CN=3)c2ccccc21. The van der Waals surface area contributed by atoms with Crippen LogP contribution in [0.25, 0.3) is 5.57 Å². The third-order valence-electron chi connectivity index (χ3n) is 5.01. The Morgan fingerprint density at radius 3 is 2.75 bits per heavy atom. The summed E-state index contributed by atoms with van der Waals surface area (Å²) in [6.07, 6.45) is 0. The van der Waals surface area contributed by atoms with E-state index in [1.54, 1.807) is 24.1 Å². The number of rotatable bonds is 1. The molecule has 3 aromatic rings. The zero-order valence-corrected chi connectivity index (χ0v) is 15.7. The van der Waals surface area contributed by atoms with E-state index in [1.807, 2.05) is 29.2 Å². The van der Waals surface area contributed by atoms with Gasteiger partial charge in [0.1, 0.15) is 23.7 Å². The molecule has 0 N–H and O–H groups in total. The molecule has 2 aromatic carbocycles. The molecule has 140 valence electrons. The number of benzene rings is 2. The quantitative estimate of drug-likeness (QED) is 0.625. The van der Waals surface area contributed by atoms with Gasteiger partial charge in [0.2, 0.25) is 0 Å². The molecule has 0 bridgehead atoms. The van der Waals surface area contributed by atoms with Crippen LogP contribution in [-0.4, -0.2) is 24.2 Å². The van der Waals surface area contributed by atoms with Crippen LogP contribution in [0.4, 0.5) is 15.8 Å². The van der Waals surface area contributed by atoms with Crippen molar-refractivity contribution in [1.29, 1.82) is 0 Å². The van der Waals surface area contributed by atoms with Gasteiger partial charge in [-0.05, 0) is 24.3 Å². The standard InChI is InChI=1S/C20H15FN4O2S/c1-23-15-8-3-2-7-14(15)16(18(23)26)17-19(27)25-11-24(10-22-20(25)28-17)13-6-4-5-12(21)9-13/h2-9H,10-11H2,1H3/b17-16-. The number of thiazole rings is 1. The first kappa shape index (κ1) is 16.9. The molecule has 2 aliphatic rings. The van der Waals surface area contributed by atoms with E-state index < -0.39 is 0 Å². The minimum Gasteiger partial charge on any atom is -0.333 e. The number of fused-ring (bicyclic) bond motifs is 2. The summed E-state index contributed by atoms with van der Waals surface area (Å²) in [7, 11) is 1.70. The maximum absolute atomic E-state index is 13.6. The highest BCUT2D eigenvalue weighted by molar-refractivity contribution is 7.07. The van der Waals surface area contributed by atoms with Gasteiger partial charge in [-0.3, -0.25) is 14.2 Å². The van der Waals surface area contributed by atoms with Crippen molar-refractivity contribution in [3.63, 3.8) is 0 Å². The Labute approximate surface area is 163 Å². The van der Waals surface area contributed by atoms with Crippen LogP contribution in [0.3, 0.4) is 0 Å². The zero-order chi connectivity index (χ0) is 19.4. The predicted molar refractivity (Wildman–Crippen MR) is 105 cm³/mol. The van der Waals surface area contributed by atoms with Crippen LogP contribution in [0.1, 0.15) is 5.56 Å². The van der Waals surface area contributed by atoms with Gasteiger partial charge < -0.3 is 9.80 Å². The lowest BCUT2D eigenvalue weighted by Gasteiger charge is -2.25. The largest absolute Gasteiger partial charge is 0.333 e. The number of anilines is 2. The van der Waals surface area contributed by atoms with Gasteiger partial charge in [-0.1, -0.05) is 35.6 Å². The Balaban J connectivity index is 1.67. The molecule has 0 aliphatic carbocycles. The van der Waals surface area contributed by atoms with Crippen molar-refractivity contribution in [2.24, 2.45) is 4.99 Å². The highest BCUT2D eigenvalue weighted by Gasteiger charge is 2.32. The summed E-state index contributed by atoms with van der Waals surface area (Å²) in [6, 6.07) is 13.6. The first-order valence-corrected chi connectivity index (χ1v) is 9.52. The average molecular weight is 394 g/mol. The van der Waals surface area contributed by atoms with Crippen molar-refractivity contribution in [2.75, 3.05) is 23.5 Å². The van der Waals surface area contributed by atoms with E-state index >= 15 is 0 Å². The van der Waals surface area contributed by atoms with Crippen LogP contribution in [0.15, 0.2) is 58.3 Å². The van der Waals surface area contributed by atoms with Crippen molar-refractivity contribution in [3.05, 3.63) is 79.6 Å². The van der Waals surface area contributed by atoms with Crippen LogP contribution in [0, 0.1) is 5.82 Å². The molecule has 0 saturated carbocycles. The smallest absolute Gasteiger partial charge is 0.272 e. The van der Waals surface area contributed by atoms with E-state index in [1.165, 1.54) is 28.0 Å². The fourth-order valence-electron chi connectivity index (χ4n) is 3.59. The van der Waals surface area contributed by atoms with Gasteiger partial charge in [0.15, 0.2) is 4.80 Å². The third kappa shape index (κ3) is 2.41. The Hall–Kier alpha value is -3.26. The van der Waals surface area contributed by atoms with Crippen molar-refractivity contribution in [2.45, 2.75) is 6.67 Å². The number of aromatic nitrogens is 1. The summed E-state index contributed by atoms with van der Waals surface area (Å²) in [5.41, 5.74) is 2.37. The van der Waals surface area contributed by atoms with E-state index in [9.17, 15) is 14.0 Å². The first-order chi connectivity index (χ1) is 13.5.